The van der Waals surface area contributed by atoms with Gasteiger partial charge >= 0.3 is 0 Å². The van der Waals surface area contributed by atoms with Crippen LogP contribution in [0.1, 0.15) is 0 Å². The molecule has 0 spiro atoms. The zero-order valence-electron chi connectivity index (χ0n) is 14.9. The van der Waals surface area contributed by atoms with Crippen LogP contribution in [-0.2, 0) is 0 Å². The lowest BCUT2D eigenvalue weighted by molar-refractivity contribution is 0.376. The second-order valence-corrected chi connectivity index (χ2v) is 5.75. The third-order valence-electron chi connectivity index (χ3n) is 4.34. The number of para-hydroxylation sites is 4. The molecule has 1 aliphatic heterocycles. The van der Waals surface area contributed by atoms with Gasteiger partial charge in [-0.3, -0.25) is 4.90 Å². The van der Waals surface area contributed by atoms with Crippen LogP contribution in [0.2, 0.25) is 0 Å². The Hall–Kier alpha value is -3.34. The van der Waals surface area contributed by atoms with Gasteiger partial charge in [0.15, 0.2) is 11.5 Å². The van der Waals surface area contributed by atoms with Crippen LogP contribution >= 0.6 is 0 Å². The van der Waals surface area contributed by atoms with Crippen LogP contribution in [0.4, 0.5) is 17.1 Å². The second kappa shape index (κ2) is 6.52. The average molecular weight is 349 g/mol. The minimum atomic E-state index is 0.646. The number of hydrogen-bond acceptors (Lipinski definition) is 5. The lowest BCUT2D eigenvalue weighted by Gasteiger charge is -2.34. The molecular weight excluding hydrogens is 330 g/mol. The Kier molecular flexibility index (Phi) is 4.05. The molecule has 0 N–H and O–H groups in total. The third-order valence-corrected chi connectivity index (χ3v) is 4.34. The van der Waals surface area contributed by atoms with Crippen molar-refractivity contribution in [1.29, 1.82) is 0 Å². The van der Waals surface area contributed by atoms with Crippen molar-refractivity contribution in [3.05, 3.63) is 60.7 Å². The summed E-state index contributed by atoms with van der Waals surface area (Å²) in [5.41, 5.74) is 2.61. The standard InChI is InChI=1S/C21H19NO4/c1-23-14-12-19(24-2)21(20(13-14)25-3)22-15-8-4-6-10-17(15)26-18-11-7-5-9-16(18)22/h4-13H,1-3H3. The van der Waals surface area contributed by atoms with Gasteiger partial charge in [-0.15, -0.1) is 0 Å². The van der Waals surface area contributed by atoms with Crippen molar-refractivity contribution in [1.82, 2.24) is 0 Å². The van der Waals surface area contributed by atoms with Crippen LogP contribution in [0.25, 0.3) is 0 Å². The molecule has 4 rings (SSSR count). The van der Waals surface area contributed by atoms with Crippen molar-refractivity contribution in [3.8, 4) is 28.7 Å². The summed E-state index contributed by atoms with van der Waals surface area (Å²) < 4.78 is 22.8. The van der Waals surface area contributed by atoms with E-state index in [4.69, 9.17) is 18.9 Å². The van der Waals surface area contributed by atoms with Crippen molar-refractivity contribution in [2.45, 2.75) is 0 Å². The summed E-state index contributed by atoms with van der Waals surface area (Å²) in [5.74, 6) is 3.50. The van der Waals surface area contributed by atoms with Crippen LogP contribution in [0.3, 0.4) is 0 Å². The number of hydrogen-bond donors (Lipinski definition) is 0. The summed E-state index contributed by atoms with van der Waals surface area (Å²) in [6, 6.07) is 19.5. The first kappa shape index (κ1) is 16.1. The van der Waals surface area contributed by atoms with E-state index in [-0.39, 0.29) is 0 Å². The number of ether oxygens (including phenoxy) is 4. The van der Waals surface area contributed by atoms with E-state index in [0.717, 1.165) is 28.6 Å². The maximum Gasteiger partial charge on any atom is 0.151 e. The van der Waals surface area contributed by atoms with Gasteiger partial charge in [0.05, 0.1) is 32.7 Å². The highest BCUT2D eigenvalue weighted by atomic mass is 16.5. The molecule has 5 heteroatoms. The topological polar surface area (TPSA) is 40.2 Å². The molecule has 1 heterocycles. The van der Waals surface area contributed by atoms with Gasteiger partial charge < -0.3 is 18.9 Å². The molecule has 132 valence electrons. The molecule has 0 bridgehead atoms. The van der Waals surface area contributed by atoms with E-state index in [1.54, 1.807) is 21.3 Å². The number of nitrogens with zero attached hydrogens (tertiary/aromatic N) is 1. The zero-order valence-corrected chi connectivity index (χ0v) is 14.9. The highest BCUT2D eigenvalue weighted by Gasteiger charge is 2.30. The van der Waals surface area contributed by atoms with Crippen LogP contribution in [0.15, 0.2) is 60.7 Å². The number of rotatable bonds is 4. The maximum absolute atomic E-state index is 6.07. The number of anilines is 3. The van der Waals surface area contributed by atoms with Gasteiger partial charge in [0.25, 0.3) is 0 Å². The monoisotopic (exact) mass is 349 g/mol. The zero-order chi connectivity index (χ0) is 18.1. The Morgan fingerprint density at radius 2 is 1.19 bits per heavy atom. The minimum absolute atomic E-state index is 0.646. The highest BCUT2D eigenvalue weighted by molar-refractivity contribution is 5.91. The van der Waals surface area contributed by atoms with Crippen molar-refractivity contribution >= 4 is 17.1 Å². The minimum Gasteiger partial charge on any atom is -0.496 e. The Labute approximate surface area is 152 Å². The van der Waals surface area contributed by atoms with Gasteiger partial charge in [0.2, 0.25) is 0 Å². The first-order chi connectivity index (χ1) is 12.8. The first-order valence-corrected chi connectivity index (χ1v) is 8.23. The highest BCUT2D eigenvalue weighted by Crippen LogP contribution is 2.55. The summed E-state index contributed by atoms with van der Waals surface area (Å²) in [4.78, 5) is 2.09. The first-order valence-electron chi connectivity index (χ1n) is 8.23. The Balaban J connectivity index is 2.02. The van der Waals surface area contributed by atoms with E-state index in [2.05, 4.69) is 4.90 Å². The van der Waals surface area contributed by atoms with E-state index >= 15 is 0 Å². The van der Waals surface area contributed by atoms with E-state index in [9.17, 15) is 0 Å². The normalized spacial score (nSPS) is 11.9. The smallest absolute Gasteiger partial charge is 0.151 e. The largest absolute Gasteiger partial charge is 0.496 e. The molecule has 0 aromatic heterocycles. The van der Waals surface area contributed by atoms with Crippen LogP contribution < -0.4 is 23.8 Å². The van der Waals surface area contributed by atoms with Crippen molar-refractivity contribution < 1.29 is 18.9 Å². The van der Waals surface area contributed by atoms with Crippen LogP contribution in [-0.4, -0.2) is 21.3 Å². The van der Waals surface area contributed by atoms with Crippen molar-refractivity contribution in [3.63, 3.8) is 0 Å². The summed E-state index contributed by atoms with van der Waals surface area (Å²) in [6.07, 6.45) is 0. The van der Waals surface area contributed by atoms with E-state index < -0.39 is 0 Å². The fraction of sp³-hybridized carbons (Fsp3) is 0.143. The van der Waals surface area contributed by atoms with Gasteiger partial charge in [-0.05, 0) is 24.3 Å². The van der Waals surface area contributed by atoms with E-state index in [1.807, 2.05) is 60.7 Å². The molecule has 0 atom stereocenters. The summed E-state index contributed by atoms with van der Waals surface area (Å²) in [7, 11) is 4.89. The molecule has 0 saturated heterocycles. The summed E-state index contributed by atoms with van der Waals surface area (Å²) in [6.45, 7) is 0. The number of benzene rings is 3. The number of fused-ring (bicyclic) bond motifs is 2. The van der Waals surface area contributed by atoms with Crippen LogP contribution in [0.5, 0.6) is 28.7 Å². The molecule has 1 aliphatic rings. The molecule has 0 fully saturated rings. The van der Waals surface area contributed by atoms with Gasteiger partial charge in [-0.1, -0.05) is 24.3 Å². The number of methoxy groups -OCH3 is 3. The van der Waals surface area contributed by atoms with E-state index in [1.165, 1.54) is 0 Å². The Morgan fingerprint density at radius 3 is 1.65 bits per heavy atom. The summed E-state index contributed by atoms with van der Waals surface area (Å²) >= 11 is 0. The van der Waals surface area contributed by atoms with E-state index in [0.29, 0.717) is 17.2 Å². The lowest BCUT2D eigenvalue weighted by Crippen LogP contribution is -2.17. The second-order valence-electron chi connectivity index (χ2n) is 5.75. The predicted molar refractivity (Wildman–Crippen MR) is 101 cm³/mol. The molecule has 26 heavy (non-hydrogen) atoms. The van der Waals surface area contributed by atoms with Crippen molar-refractivity contribution in [2.75, 3.05) is 26.2 Å². The average Bonchev–Trinajstić information content (AvgIpc) is 2.71. The third kappa shape index (κ3) is 2.49. The molecule has 5 nitrogen and oxygen atoms in total. The molecular formula is C21H19NO4. The molecule has 0 radical (unpaired) electrons. The Bertz CT molecular complexity index is 884. The SMILES string of the molecule is COc1cc(OC)c(N2c3ccccc3Oc3ccccc32)c(OC)c1. The molecule has 0 saturated carbocycles. The van der Waals surface area contributed by atoms with Gasteiger partial charge in [0, 0.05) is 12.1 Å². The van der Waals surface area contributed by atoms with Crippen LogP contribution in [0, 0.1) is 0 Å². The molecule has 0 aliphatic carbocycles. The quantitative estimate of drug-likeness (QED) is 0.501. The van der Waals surface area contributed by atoms with Gasteiger partial charge in [0.1, 0.15) is 22.9 Å². The van der Waals surface area contributed by atoms with Crippen molar-refractivity contribution in [2.24, 2.45) is 0 Å². The van der Waals surface area contributed by atoms with Gasteiger partial charge in [-0.2, -0.15) is 0 Å². The maximum atomic E-state index is 6.07. The summed E-state index contributed by atoms with van der Waals surface area (Å²) in [5, 5.41) is 0. The lowest BCUT2D eigenvalue weighted by atomic mass is 10.1. The molecule has 0 unspecified atom stereocenters. The predicted octanol–water partition coefficient (Wildman–Crippen LogP) is 5.29. The van der Waals surface area contributed by atoms with Gasteiger partial charge in [-0.25, -0.2) is 0 Å². The molecule has 0 amide bonds. The Morgan fingerprint density at radius 1 is 0.692 bits per heavy atom. The fourth-order valence-electron chi connectivity index (χ4n) is 3.15. The fourth-order valence-corrected chi connectivity index (χ4v) is 3.15. The molecule has 3 aromatic rings. The molecule has 3 aromatic carbocycles.